The predicted octanol–water partition coefficient (Wildman–Crippen LogP) is 16.2. The third kappa shape index (κ3) is 45.4. The lowest BCUT2D eigenvalue weighted by atomic mass is 10.00. The van der Waals surface area contributed by atoms with Gasteiger partial charge in [-0.3, -0.25) is 4.79 Å². The van der Waals surface area contributed by atoms with Crippen molar-refractivity contribution in [2.75, 3.05) is 6.61 Å². The molecule has 0 radical (unpaired) electrons. The molecule has 0 aliphatic carbocycles. The number of unbranched alkanes of at least 4 members (excludes halogenated alkanes) is 34. The molecule has 0 aromatic heterocycles. The zero-order valence-corrected chi connectivity index (χ0v) is 42.5. The van der Waals surface area contributed by atoms with E-state index in [1.54, 1.807) is 0 Å². The minimum atomic E-state index is -1.30. The number of amides is 1. The number of carbonyl (C=O) groups is 1. The van der Waals surface area contributed by atoms with Crippen molar-refractivity contribution >= 4 is 5.91 Å². The first kappa shape index (κ1) is 62.3. The smallest absolute Gasteiger partial charge is 0.249 e. The second-order valence-corrected chi connectivity index (χ2v) is 19.3. The van der Waals surface area contributed by atoms with E-state index in [0.717, 1.165) is 64.2 Å². The molecule has 6 nitrogen and oxygen atoms in total. The summed E-state index contributed by atoms with van der Waals surface area (Å²) in [6.45, 7) is 4.06. The molecule has 6 heteroatoms. The topological polar surface area (TPSA) is 110 Å². The molecule has 0 spiro atoms. The van der Waals surface area contributed by atoms with Crippen LogP contribution in [0, 0.1) is 0 Å². The third-order valence-electron chi connectivity index (χ3n) is 13.0. The van der Waals surface area contributed by atoms with Gasteiger partial charge in [0.2, 0.25) is 5.91 Å². The zero-order chi connectivity index (χ0) is 46.7. The monoisotopic (exact) mass is 900 g/mol. The van der Waals surface area contributed by atoms with Crippen LogP contribution in [0.5, 0.6) is 0 Å². The Kier molecular flexibility index (Phi) is 50.8. The summed E-state index contributed by atoms with van der Waals surface area (Å²) >= 11 is 0. The van der Waals surface area contributed by atoms with E-state index in [1.165, 1.54) is 186 Å². The predicted molar refractivity (Wildman–Crippen MR) is 279 cm³/mol. The molecule has 0 aliphatic rings. The molecule has 0 aliphatic heterocycles. The zero-order valence-electron chi connectivity index (χ0n) is 42.5. The molecular weight excluding hydrogens is 791 g/mol. The van der Waals surface area contributed by atoms with Crippen LogP contribution < -0.4 is 5.32 Å². The van der Waals surface area contributed by atoms with Crippen molar-refractivity contribution in [3.63, 3.8) is 0 Å². The summed E-state index contributed by atoms with van der Waals surface area (Å²) in [5.41, 5.74) is 0. The van der Waals surface area contributed by atoms with E-state index in [4.69, 9.17) is 0 Å². The molecule has 5 N–H and O–H groups in total. The van der Waals surface area contributed by atoms with Crippen LogP contribution in [0.2, 0.25) is 0 Å². The molecule has 4 unspecified atom stereocenters. The van der Waals surface area contributed by atoms with Gasteiger partial charge in [-0.2, -0.15) is 0 Å². The van der Waals surface area contributed by atoms with Crippen molar-refractivity contribution in [2.24, 2.45) is 0 Å². The van der Waals surface area contributed by atoms with Gasteiger partial charge in [0.1, 0.15) is 12.2 Å². The third-order valence-corrected chi connectivity index (χ3v) is 13.0. The first-order valence-electron chi connectivity index (χ1n) is 28.0. The second-order valence-electron chi connectivity index (χ2n) is 19.3. The Bertz CT molecular complexity index is 1060. The molecule has 0 saturated carbocycles. The average molecular weight is 901 g/mol. The van der Waals surface area contributed by atoms with Crippen molar-refractivity contribution in [1.29, 1.82) is 0 Å². The van der Waals surface area contributed by atoms with Crippen LogP contribution in [0.3, 0.4) is 0 Å². The summed E-state index contributed by atoms with van der Waals surface area (Å²) in [7, 11) is 0. The highest BCUT2D eigenvalue weighted by atomic mass is 16.3. The summed E-state index contributed by atoms with van der Waals surface area (Å²) in [6.07, 6.45) is 66.1. The van der Waals surface area contributed by atoms with Crippen LogP contribution >= 0.6 is 0 Å². The molecule has 0 rings (SSSR count). The van der Waals surface area contributed by atoms with Crippen molar-refractivity contribution in [3.05, 3.63) is 48.6 Å². The van der Waals surface area contributed by atoms with Gasteiger partial charge in [-0.1, -0.05) is 242 Å². The maximum absolute atomic E-state index is 12.6. The van der Waals surface area contributed by atoms with Gasteiger partial charge >= 0.3 is 0 Å². The number of hydrogen-bond donors (Lipinski definition) is 5. The standard InChI is InChI=1S/C58H109NO5/c1-3-5-7-9-11-13-15-17-19-21-23-25-27-28-29-30-32-33-35-37-39-41-43-45-47-49-51-55(61)57(63)54(53-60)59-58(64)56(62)52-50-48-46-44-42-40-38-36-34-31-26-24-22-20-18-16-14-12-10-8-6-4-2/h29-30,34-37,43,45,54-57,60-63H,3-28,31-33,38-42,44,46-53H2,1-2H3,(H,59,64)/b30-29+,36-34-,37-35+,45-43+. The summed E-state index contributed by atoms with van der Waals surface area (Å²) < 4.78 is 0. The largest absolute Gasteiger partial charge is 0.394 e. The maximum atomic E-state index is 12.6. The Labute approximate surface area is 398 Å². The molecule has 0 aromatic carbocycles. The minimum Gasteiger partial charge on any atom is -0.394 e. The molecule has 0 aromatic rings. The van der Waals surface area contributed by atoms with Gasteiger partial charge in [0, 0.05) is 0 Å². The van der Waals surface area contributed by atoms with Crippen molar-refractivity contribution < 1.29 is 25.2 Å². The fraction of sp³-hybridized carbons (Fsp3) is 0.845. The van der Waals surface area contributed by atoms with E-state index in [9.17, 15) is 25.2 Å². The Morgan fingerprint density at radius 3 is 0.984 bits per heavy atom. The number of aliphatic hydroxyl groups is 4. The van der Waals surface area contributed by atoms with E-state index in [-0.39, 0.29) is 0 Å². The number of carbonyl (C=O) groups excluding carboxylic acids is 1. The molecule has 64 heavy (non-hydrogen) atoms. The summed E-state index contributed by atoms with van der Waals surface area (Å²) in [5.74, 6) is -0.603. The highest BCUT2D eigenvalue weighted by molar-refractivity contribution is 5.80. The Balaban J connectivity index is 3.73. The van der Waals surface area contributed by atoms with Gasteiger partial charge < -0.3 is 25.7 Å². The van der Waals surface area contributed by atoms with Gasteiger partial charge in [0.05, 0.1) is 18.8 Å². The molecule has 0 saturated heterocycles. The van der Waals surface area contributed by atoms with Crippen LogP contribution in [0.1, 0.15) is 284 Å². The molecule has 0 fully saturated rings. The van der Waals surface area contributed by atoms with E-state index in [0.29, 0.717) is 19.3 Å². The first-order valence-corrected chi connectivity index (χ1v) is 28.0. The lowest BCUT2D eigenvalue weighted by molar-refractivity contribution is -0.132. The van der Waals surface area contributed by atoms with Crippen LogP contribution in [0.25, 0.3) is 0 Å². The Morgan fingerprint density at radius 1 is 0.375 bits per heavy atom. The van der Waals surface area contributed by atoms with Gasteiger partial charge in [0.15, 0.2) is 0 Å². The number of rotatable bonds is 51. The molecule has 376 valence electrons. The summed E-state index contributed by atoms with van der Waals surface area (Å²) in [5, 5.41) is 43.9. The lowest BCUT2D eigenvalue weighted by Crippen LogP contribution is -2.53. The van der Waals surface area contributed by atoms with Crippen LogP contribution in [-0.2, 0) is 4.79 Å². The highest BCUT2D eigenvalue weighted by Gasteiger charge is 2.28. The first-order chi connectivity index (χ1) is 31.5. The van der Waals surface area contributed by atoms with E-state index in [2.05, 4.69) is 67.8 Å². The Morgan fingerprint density at radius 2 is 0.656 bits per heavy atom. The second kappa shape index (κ2) is 52.2. The van der Waals surface area contributed by atoms with E-state index >= 15 is 0 Å². The quantitative estimate of drug-likeness (QED) is 0.0309. The van der Waals surface area contributed by atoms with Crippen molar-refractivity contribution in [3.8, 4) is 0 Å². The van der Waals surface area contributed by atoms with Crippen molar-refractivity contribution in [1.82, 2.24) is 5.32 Å². The van der Waals surface area contributed by atoms with Gasteiger partial charge in [-0.25, -0.2) is 0 Å². The molecule has 4 atom stereocenters. The van der Waals surface area contributed by atoms with Gasteiger partial charge in [0.25, 0.3) is 0 Å². The van der Waals surface area contributed by atoms with Crippen LogP contribution in [0.4, 0.5) is 0 Å². The molecule has 1 amide bonds. The van der Waals surface area contributed by atoms with Crippen LogP contribution in [-0.4, -0.2) is 57.3 Å². The van der Waals surface area contributed by atoms with Gasteiger partial charge in [-0.15, -0.1) is 0 Å². The molecule has 0 heterocycles. The number of hydrogen-bond acceptors (Lipinski definition) is 5. The minimum absolute atomic E-state index is 0.351. The molecular formula is C58H109NO5. The van der Waals surface area contributed by atoms with E-state index in [1.807, 2.05) is 0 Å². The molecule has 0 bridgehead atoms. The highest BCUT2D eigenvalue weighted by Crippen LogP contribution is 2.16. The SMILES string of the molecule is CCCCCCCCCCCCCC/C=C\CCCCCCCCC(O)C(=O)NC(CO)C(O)C(O)CCC/C=C/CC/C=C/CC/C=C/CCCCCCCCCCCCCCC. The average Bonchev–Trinajstić information content (AvgIpc) is 3.30. The van der Waals surface area contributed by atoms with E-state index < -0.39 is 36.9 Å². The Hall–Kier alpha value is -1.73. The van der Waals surface area contributed by atoms with Crippen LogP contribution in [0.15, 0.2) is 48.6 Å². The van der Waals surface area contributed by atoms with Crippen molar-refractivity contribution in [2.45, 2.75) is 308 Å². The fourth-order valence-corrected chi connectivity index (χ4v) is 8.55. The number of aliphatic hydroxyl groups excluding tert-OH is 4. The number of allylic oxidation sites excluding steroid dienone is 8. The normalized spacial score (nSPS) is 14.2. The lowest BCUT2D eigenvalue weighted by Gasteiger charge is -2.27. The van der Waals surface area contributed by atoms with Gasteiger partial charge in [-0.05, 0) is 89.9 Å². The maximum Gasteiger partial charge on any atom is 0.249 e. The summed E-state index contributed by atoms with van der Waals surface area (Å²) in [4.78, 5) is 12.6. The number of nitrogens with one attached hydrogen (secondary N) is 1. The summed E-state index contributed by atoms with van der Waals surface area (Å²) in [6, 6.07) is -1.02. The fourth-order valence-electron chi connectivity index (χ4n) is 8.55.